The van der Waals surface area contributed by atoms with Crippen LogP contribution in [-0.2, 0) is 4.79 Å². The van der Waals surface area contributed by atoms with Gasteiger partial charge >= 0.3 is 0 Å². The van der Waals surface area contributed by atoms with Crippen LogP contribution in [0.4, 0.5) is 0 Å². The van der Waals surface area contributed by atoms with Crippen LogP contribution in [0.25, 0.3) is 6.08 Å². The third-order valence-corrected chi connectivity index (χ3v) is 4.01. The van der Waals surface area contributed by atoms with E-state index < -0.39 is 5.60 Å². The highest BCUT2D eigenvalue weighted by Gasteiger charge is 2.52. The first kappa shape index (κ1) is 12.9. The lowest BCUT2D eigenvalue weighted by Crippen LogP contribution is -2.64. The highest BCUT2D eigenvalue weighted by atomic mass is 16.3. The summed E-state index contributed by atoms with van der Waals surface area (Å²) in [7, 11) is 0. The number of β-amino-alcohol motifs (C(OH)–C–C–N with tert-alkyl or cyclic N) is 1. The molecule has 1 aliphatic carbocycles. The van der Waals surface area contributed by atoms with Crippen LogP contribution < -0.4 is 0 Å². The van der Waals surface area contributed by atoms with E-state index in [1.807, 2.05) is 6.07 Å². The van der Waals surface area contributed by atoms with Crippen LogP contribution in [0.2, 0.25) is 0 Å². The maximum atomic E-state index is 11.9. The second-order valence-corrected chi connectivity index (χ2v) is 5.64. The Hall–Kier alpha value is -2.12. The van der Waals surface area contributed by atoms with Crippen LogP contribution in [0, 0.1) is 17.2 Å². The van der Waals surface area contributed by atoms with Gasteiger partial charge in [0.25, 0.3) is 0 Å². The zero-order chi connectivity index (χ0) is 14.2. The molecule has 3 rings (SSSR count). The summed E-state index contributed by atoms with van der Waals surface area (Å²) in [5.41, 5.74) is 0.770. The van der Waals surface area contributed by atoms with Gasteiger partial charge in [0.1, 0.15) is 5.60 Å². The number of nitriles is 1. The van der Waals surface area contributed by atoms with Crippen molar-refractivity contribution in [2.75, 3.05) is 13.1 Å². The van der Waals surface area contributed by atoms with Crippen molar-refractivity contribution in [1.29, 1.82) is 5.26 Å². The molecule has 1 amide bonds. The highest BCUT2D eigenvalue weighted by molar-refractivity contribution is 5.92. The molecule has 1 N–H and O–H groups in total. The Morgan fingerprint density at radius 1 is 1.45 bits per heavy atom. The van der Waals surface area contributed by atoms with Crippen molar-refractivity contribution in [1.82, 2.24) is 4.90 Å². The zero-order valence-corrected chi connectivity index (χ0v) is 11.1. The fourth-order valence-corrected chi connectivity index (χ4v) is 2.63. The first-order valence-corrected chi connectivity index (χ1v) is 6.80. The standard InChI is InChI=1S/C16H16N2O2/c17-9-13-3-1-2-12(8-13)4-7-15(19)18-10-16(20,11-18)14-5-6-14/h1-4,7-8,14,20H,5-6,10-11H2. The minimum absolute atomic E-state index is 0.0855. The van der Waals surface area contributed by atoms with E-state index in [2.05, 4.69) is 6.07 Å². The lowest BCUT2D eigenvalue weighted by atomic mass is 9.88. The fraction of sp³-hybridized carbons (Fsp3) is 0.375. The molecule has 2 fully saturated rings. The van der Waals surface area contributed by atoms with Crippen LogP contribution in [0.1, 0.15) is 24.0 Å². The van der Waals surface area contributed by atoms with E-state index in [1.165, 1.54) is 6.08 Å². The Bertz CT molecular complexity index is 605. The van der Waals surface area contributed by atoms with Crippen LogP contribution >= 0.6 is 0 Å². The van der Waals surface area contributed by atoms with E-state index in [0.29, 0.717) is 24.6 Å². The van der Waals surface area contributed by atoms with Gasteiger partial charge < -0.3 is 10.0 Å². The minimum Gasteiger partial charge on any atom is -0.386 e. The topological polar surface area (TPSA) is 64.3 Å². The lowest BCUT2D eigenvalue weighted by Gasteiger charge is -2.46. The zero-order valence-electron chi connectivity index (χ0n) is 11.1. The second-order valence-electron chi connectivity index (χ2n) is 5.64. The minimum atomic E-state index is -0.635. The molecule has 4 nitrogen and oxygen atoms in total. The number of benzene rings is 1. The van der Waals surface area contributed by atoms with Crippen LogP contribution in [-0.4, -0.2) is 34.6 Å². The van der Waals surface area contributed by atoms with Crippen molar-refractivity contribution in [2.24, 2.45) is 5.92 Å². The number of rotatable bonds is 3. The Labute approximate surface area is 117 Å². The maximum Gasteiger partial charge on any atom is 0.246 e. The van der Waals surface area contributed by atoms with E-state index in [-0.39, 0.29) is 5.91 Å². The molecule has 0 unspecified atom stereocenters. The number of likely N-dealkylation sites (tertiary alicyclic amines) is 1. The predicted octanol–water partition coefficient (Wildman–Crippen LogP) is 1.55. The molecule has 1 aliphatic heterocycles. The fourth-order valence-electron chi connectivity index (χ4n) is 2.63. The van der Waals surface area contributed by atoms with Gasteiger partial charge in [-0.05, 0) is 42.5 Å². The summed E-state index contributed by atoms with van der Waals surface area (Å²) in [6.45, 7) is 0.887. The molecular formula is C16H16N2O2. The van der Waals surface area contributed by atoms with E-state index in [0.717, 1.165) is 18.4 Å². The molecule has 4 heteroatoms. The number of nitrogens with zero attached hydrogens (tertiary/aromatic N) is 2. The lowest BCUT2D eigenvalue weighted by molar-refractivity contribution is -0.154. The van der Waals surface area contributed by atoms with Crippen LogP contribution in [0.5, 0.6) is 0 Å². The van der Waals surface area contributed by atoms with Gasteiger partial charge in [-0.3, -0.25) is 4.79 Å². The number of aliphatic hydroxyl groups is 1. The molecular weight excluding hydrogens is 252 g/mol. The smallest absolute Gasteiger partial charge is 0.246 e. The summed E-state index contributed by atoms with van der Waals surface area (Å²) in [6, 6.07) is 9.17. The van der Waals surface area contributed by atoms with Crippen molar-refractivity contribution >= 4 is 12.0 Å². The Morgan fingerprint density at radius 2 is 2.20 bits per heavy atom. The normalized spacial score (nSPS) is 20.5. The second kappa shape index (κ2) is 4.77. The molecule has 1 aromatic rings. The molecule has 0 radical (unpaired) electrons. The summed E-state index contributed by atoms with van der Waals surface area (Å²) < 4.78 is 0. The number of carbonyl (C=O) groups excluding carboxylic acids is 1. The summed E-state index contributed by atoms with van der Waals surface area (Å²) in [6.07, 6.45) is 5.37. The van der Waals surface area contributed by atoms with Gasteiger partial charge in [-0.2, -0.15) is 5.26 Å². The third-order valence-electron chi connectivity index (χ3n) is 4.01. The molecule has 2 aliphatic rings. The monoisotopic (exact) mass is 268 g/mol. The third kappa shape index (κ3) is 2.45. The average Bonchev–Trinajstić information content (AvgIpc) is 3.26. The van der Waals surface area contributed by atoms with Gasteiger partial charge in [-0.15, -0.1) is 0 Å². The molecule has 0 atom stereocenters. The molecule has 0 aromatic heterocycles. The molecule has 0 spiro atoms. The van der Waals surface area contributed by atoms with Crippen LogP contribution in [0.15, 0.2) is 30.3 Å². The van der Waals surface area contributed by atoms with Gasteiger partial charge in [0.15, 0.2) is 0 Å². The molecule has 102 valence electrons. The number of hydrogen-bond acceptors (Lipinski definition) is 3. The Balaban J connectivity index is 1.59. The van der Waals surface area contributed by atoms with E-state index in [1.54, 1.807) is 29.2 Å². The quantitative estimate of drug-likeness (QED) is 0.846. The predicted molar refractivity (Wildman–Crippen MR) is 74.4 cm³/mol. The molecule has 1 saturated carbocycles. The first-order chi connectivity index (χ1) is 9.60. The van der Waals surface area contributed by atoms with Crippen molar-refractivity contribution < 1.29 is 9.90 Å². The summed E-state index contributed by atoms with van der Waals surface area (Å²) in [5.74, 6) is 0.306. The maximum absolute atomic E-state index is 11.9. The molecule has 20 heavy (non-hydrogen) atoms. The van der Waals surface area contributed by atoms with Gasteiger partial charge in [-0.25, -0.2) is 0 Å². The highest BCUT2D eigenvalue weighted by Crippen LogP contribution is 2.44. The van der Waals surface area contributed by atoms with Crippen molar-refractivity contribution in [3.8, 4) is 6.07 Å². The molecule has 1 heterocycles. The molecule has 1 saturated heterocycles. The summed E-state index contributed by atoms with van der Waals surface area (Å²) >= 11 is 0. The average molecular weight is 268 g/mol. The van der Waals surface area contributed by atoms with E-state index in [9.17, 15) is 9.90 Å². The van der Waals surface area contributed by atoms with Gasteiger partial charge in [0.2, 0.25) is 5.91 Å². The Kier molecular flexibility index (Phi) is 3.07. The summed E-state index contributed by atoms with van der Waals surface area (Å²) in [5, 5.41) is 19.0. The van der Waals surface area contributed by atoms with Crippen molar-refractivity contribution in [3.05, 3.63) is 41.5 Å². The number of carbonyl (C=O) groups is 1. The summed E-state index contributed by atoms with van der Waals surface area (Å²) in [4.78, 5) is 13.6. The van der Waals surface area contributed by atoms with Crippen molar-refractivity contribution in [3.63, 3.8) is 0 Å². The van der Waals surface area contributed by atoms with Crippen molar-refractivity contribution in [2.45, 2.75) is 18.4 Å². The number of amides is 1. The van der Waals surface area contributed by atoms with E-state index >= 15 is 0 Å². The molecule has 0 bridgehead atoms. The largest absolute Gasteiger partial charge is 0.386 e. The Morgan fingerprint density at radius 3 is 2.85 bits per heavy atom. The van der Waals surface area contributed by atoms with Gasteiger partial charge in [0.05, 0.1) is 24.7 Å². The molecule has 1 aromatic carbocycles. The first-order valence-electron chi connectivity index (χ1n) is 6.80. The number of hydrogen-bond donors (Lipinski definition) is 1. The van der Waals surface area contributed by atoms with E-state index in [4.69, 9.17) is 5.26 Å². The SMILES string of the molecule is N#Cc1cccc(C=CC(=O)N2CC(O)(C3CC3)C2)c1. The van der Waals surface area contributed by atoms with Gasteiger partial charge in [0, 0.05) is 6.08 Å². The van der Waals surface area contributed by atoms with Gasteiger partial charge in [-0.1, -0.05) is 12.1 Å². The van der Waals surface area contributed by atoms with Crippen LogP contribution in [0.3, 0.4) is 0 Å².